The summed E-state index contributed by atoms with van der Waals surface area (Å²) in [5, 5.41) is 112. The number of aliphatic hydroxyl groups excluding tert-OH is 1. The number of piperidine rings is 1. The molecule has 722 valence electrons. The van der Waals surface area contributed by atoms with Crippen molar-refractivity contribution in [3.63, 3.8) is 0 Å². The molecule has 2 bridgehead atoms. The Kier molecular flexibility index (Phi) is 32.3. The number of carboxylic acid groups (broad SMARTS) is 6. The Morgan fingerprint density at radius 2 is 1.37 bits per heavy atom. The number of nitrogen functional groups attached to an aromatic ring is 1. The maximum Gasteiger partial charge on any atom is 0.426 e. The number of methoxy groups -OCH3 is 2. The van der Waals surface area contributed by atoms with Crippen LogP contribution >= 0.6 is 21.6 Å². The van der Waals surface area contributed by atoms with E-state index in [1.165, 1.54) is 39.5 Å². The number of benzene rings is 3. The van der Waals surface area contributed by atoms with Gasteiger partial charge in [0.15, 0.2) is 16.8 Å². The summed E-state index contributed by atoms with van der Waals surface area (Å²) in [4.78, 5) is 225. The molecule has 12 rings (SSSR count). The number of hydrogen-bond donors (Lipinski definition) is 21. The number of likely N-dealkylation sites (N-methyl/N-ethyl adjacent to an activating group) is 1. The number of rotatable bonds is 38. The fourth-order valence-electron chi connectivity index (χ4n) is 19.4. The molecule has 8 heterocycles. The van der Waals surface area contributed by atoms with Gasteiger partial charge < -0.3 is 113 Å². The molecule has 2 saturated heterocycles. The van der Waals surface area contributed by atoms with E-state index < -0.39 is 209 Å². The molecule has 6 aromatic rings. The number of ether oxygens (including phenoxy) is 3. The molecule has 6 aliphatic rings. The minimum atomic E-state index is -2.67. The molecule has 1 unspecified atom stereocenters. The number of aliphatic hydroxyl groups is 3. The number of hydrogen-bond acceptors (Lipinski definition) is 32. The summed E-state index contributed by atoms with van der Waals surface area (Å²) < 4.78 is 17.7. The highest BCUT2D eigenvalue weighted by Gasteiger charge is 2.79. The van der Waals surface area contributed by atoms with E-state index in [1.807, 2.05) is 62.4 Å². The smallest absolute Gasteiger partial charge is 0.426 e. The van der Waals surface area contributed by atoms with E-state index >= 15 is 9.59 Å². The van der Waals surface area contributed by atoms with Crippen LogP contribution in [0.15, 0.2) is 83.8 Å². The monoisotopic (exact) mass is 1900 g/mol. The quantitative estimate of drug-likeness (QED) is 0.00778. The number of nitrogens with zero attached hydrogens (tertiary/aromatic N) is 6. The summed E-state index contributed by atoms with van der Waals surface area (Å²) in [7, 11) is 6.56. The first-order valence-corrected chi connectivity index (χ1v) is 45.3. The number of H-pyrrole nitrogens is 2. The molecular weight excluding hydrogens is 1800 g/mol. The molecule has 16 atom stereocenters. The number of para-hydroxylation sites is 1. The fourth-order valence-corrected chi connectivity index (χ4v) is 21.4. The lowest BCUT2D eigenvalue weighted by molar-refractivity contribution is -0.204. The molecule has 5 aliphatic heterocycles. The third-order valence-electron chi connectivity index (χ3n) is 25.2. The summed E-state index contributed by atoms with van der Waals surface area (Å²) in [6.07, 6.45) is 0.642. The second kappa shape index (κ2) is 42.7. The van der Waals surface area contributed by atoms with Gasteiger partial charge in [-0.2, -0.15) is 4.98 Å². The van der Waals surface area contributed by atoms with Gasteiger partial charge >= 0.3 is 47.9 Å². The number of carboxylic acids is 6. The third kappa shape index (κ3) is 22.0. The zero-order chi connectivity index (χ0) is 97.8. The number of anilines is 3. The van der Waals surface area contributed by atoms with Crippen LogP contribution in [0.2, 0.25) is 0 Å². The number of carbonyl (C=O) groups is 15. The molecule has 1 aliphatic carbocycles. The van der Waals surface area contributed by atoms with E-state index in [-0.39, 0.29) is 72.5 Å². The molecule has 48 heteroatoms. The van der Waals surface area contributed by atoms with Crippen LogP contribution in [0.3, 0.4) is 0 Å². The van der Waals surface area contributed by atoms with Crippen molar-refractivity contribution in [2.45, 2.75) is 188 Å². The highest BCUT2D eigenvalue weighted by atomic mass is 33.1. The summed E-state index contributed by atoms with van der Waals surface area (Å²) in [5.74, 6) is -16.3. The predicted octanol–water partition coefficient (Wildman–Crippen LogP) is -0.296. The van der Waals surface area contributed by atoms with Crippen molar-refractivity contribution >= 4 is 150 Å². The maximum absolute atomic E-state index is 15.5. The zero-order valence-electron chi connectivity index (χ0n) is 74.0. The summed E-state index contributed by atoms with van der Waals surface area (Å²) in [6, 6.07) is 6.89. The zero-order valence-corrected chi connectivity index (χ0v) is 75.6. The number of amides is 8. The molecule has 3 aromatic carbocycles. The first-order chi connectivity index (χ1) is 63.5. The van der Waals surface area contributed by atoms with Gasteiger partial charge in [-0.3, -0.25) is 82.5 Å². The predicted molar refractivity (Wildman–Crippen MR) is 478 cm³/mol. The van der Waals surface area contributed by atoms with Crippen LogP contribution in [-0.4, -0.2) is 308 Å². The van der Waals surface area contributed by atoms with Crippen LogP contribution in [0.5, 0.6) is 5.75 Å². The van der Waals surface area contributed by atoms with Crippen molar-refractivity contribution in [1.29, 1.82) is 0 Å². The number of esters is 1. The number of aromatic amines is 2. The Balaban J connectivity index is 0.000000316. The van der Waals surface area contributed by atoms with Gasteiger partial charge in [0.1, 0.15) is 54.1 Å². The van der Waals surface area contributed by atoms with Crippen LogP contribution in [0, 0.1) is 11.3 Å². The van der Waals surface area contributed by atoms with Gasteiger partial charge in [-0.25, -0.2) is 29.8 Å². The summed E-state index contributed by atoms with van der Waals surface area (Å²) in [6.45, 7) is 8.85. The lowest BCUT2D eigenvalue weighted by Crippen LogP contribution is -2.82. The minimum Gasteiger partial charge on any atom is -0.496 e. The van der Waals surface area contributed by atoms with E-state index in [9.17, 15) is 103 Å². The van der Waals surface area contributed by atoms with Gasteiger partial charge in [0.25, 0.3) is 17.4 Å². The fraction of sp³-hybridized carbons (Fsp3) is 0.500. The molecule has 0 radical (unpaired) electrons. The van der Waals surface area contributed by atoms with Crippen LogP contribution in [-0.2, 0) is 95.6 Å². The minimum absolute atomic E-state index is 0.0131. The molecule has 3 fully saturated rings. The average molecular weight is 1910 g/mol. The molecule has 1 spiro atoms. The van der Waals surface area contributed by atoms with Crippen molar-refractivity contribution in [3.8, 4) is 5.75 Å². The third-order valence-corrected chi connectivity index (χ3v) is 27.5. The van der Waals surface area contributed by atoms with Crippen LogP contribution in [0.1, 0.15) is 137 Å². The Bertz CT molecular complexity index is 5620. The van der Waals surface area contributed by atoms with Crippen molar-refractivity contribution in [3.05, 3.63) is 123 Å². The number of nitrogens with two attached hydrogens (primary N) is 1. The lowest BCUT2D eigenvalue weighted by Gasteiger charge is -2.63. The van der Waals surface area contributed by atoms with Crippen molar-refractivity contribution in [1.82, 2.24) is 77.5 Å². The van der Waals surface area contributed by atoms with Crippen LogP contribution in [0.4, 0.5) is 22.1 Å². The molecule has 46 nitrogen and oxygen atoms in total. The highest BCUT2D eigenvalue weighted by Crippen LogP contribution is 2.68. The number of aromatic nitrogens is 5. The molecule has 1 saturated carbocycles. The SMILES string of the molecule is CC[C@]1(O)C[C@H]2CN(CCc3c([nH]c4ccccc34)[C@@](C(=O)OC)(c3cc4c(cc3OC)N(C)[C@H]3[C@@](O)(C(=O)NNC(=O)OCCSSC[C@H](NC(=O)[C@H](CC(=O)O)NC(=O)[C@H](CC(=O)O)NC(C)=O)C(=O)O)[C@H](O)[C@]5(CC)C=CCN6CC[C@]43[C@@H]65)C2)C1.C[C@H](CC(=O)O)NC(=O)[C@H](CC(=O)O)NC(=O)CC[C@H](NC(=O)c1ccc(NCc2cnc3nc(N)[nH]c(=O)c3n2)cc1)C(=O)O. The van der Waals surface area contributed by atoms with Gasteiger partial charge in [0.05, 0.1) is 70.0 Å². The summed E-state index contributed by atoms with van der Waals surface area (Å²) in [5.41, 5.74) is 7.24. The first-order valence-electron chi connectivity index (χ1n) is 42.9. The highest BCUT2D eigenvalue weighted by molar-refractivity contribution is 8.76. The van der Waals surface area contributed by atoms with Gasteiger partial charge in [0, 0.05) is 126 Å². The average Bonchev–Trinajstić information content (AvgIpc) is 1.48. The van der Waals surface area contributed by atoms with E-state index in [1.54, 1.807) is 24.1 Å². The largest absolute Gasteiger partial charge is 0.496 e. The van der Waals surface area contributed by atoms with Crippen LogP contribution < -0.4 is 69.0 Å². The van der Waals surface area contributed by atoms with Gasteiger partial charge in [0.2, 0.25) is 35.5 Å². The van der Waals surface area contributed by atoms with Crippen molar-refractivity contribution < 1.29 is 132 Å². The number of carbonyl (C=O) groups excluding carboxylic acids is 9. The Morgan fingerprint density at radius 1 is 0.716 bits per heavy atom. The topological polar surface area (TPSA) is 697 Å². The molecule has 22 N–H and O–H groups in total. The summed E-state index contributed by atoms with van der Waals surface area (Å²) >= 11 is 0. The van der Waals surface area contributed by atoms with E-state index in [0.717, 1.165) is 45.0 Å². The normalized spacial score (nSPS) is 23.7. The number of fused-ring (bicyclic) bond motifs is 7. The second-order valence-corrected chi connectivity index (χ2v) is 36.5. The Labute approximate surface area is 771 Å². The number of aliphatic carboxylic acids is 6. The van der Waals surface area contributed by atoms with E-state index in [2.05, 4.69) is 82.8 Å². The van der Waals surface area contributed by atoms with Gasteiger partial charge in [-0.1, -0.05) is 65.8 Å². The van der Waals surface area contributed by atoms with Crippen molar-refractivity contribution in [2.24, 2.45) is 11.3 Å². The van der Waals surface area contributed by atoms with Crippen LogP contribution in [0.25, 0.3) is 22.1 Å². The van der Waals surface area contributed by atoms with E-state index in [4.69, 9.17) is 30.2 Å². The Morgan fingerprint density at radius 3 is 2.00 bits per heavy atom. The molecule has 8 amide bonds. The standard InChI is InChI=1S/C59H77N9O18S2.C27H31N9O10/c1-7-55(82)26-32-27-58(53(80)85-6,45-34(14-18-67(28-32)30-55)33-12-9-10-13-37(33)61-45)36-22-35-41(25-42(36)84-5)66(4)50-57(35)16-19-68-17-11-15-56(8-2,49(57)68)51(78)59(50,83)52(79)64-65-54(81)86-20-21-87-88-29-40(48(76)77)63-47(75)39(24-44(72)73)62-46(74)38(23-43(70)71)60-31(3)69;1-12(8-19(38)39)31-24(43)17(9-20(40)41)33-18(37)7-6-16(26(45)46)34-23(42)13-2-4-14(5-3-13)29-10-15-11-30-22-21(32-15)25(44)36-27(28)35-22/h9-13,15,22,25,32,38-40,49-51,61,78,82-83H,7-8,14,16-21,23-24,26-30H2,1-6H3,(H,60,69)(H,62,74)(H,63,75)(H,64,79)(H,65,81)(H,70,71)(H,72,73)(H,76,77);2-5,11-12,16-17,29H,6-10H2,1H3,(H,31,43)(H,33,37)(H,34,42)(H,38,39)(H,40,41)(H,45,46)(H3,28,30,35,36,44)/t32-,38+,39+,40+,49+,50-,51-,55+,56-,57-,58+,59+;12-,16+,17+/m11/s1. The molecule has 134 heavy (non-hydrogen) atoms. The lowest BCUT2D eigenvalue weighted by atomic mass is 9.47. The van der Waals surface area contributed by atoms with Crippen molar-refractivity contribution in [2.75, 3.05) is 88.1 Å². The first kappa shape index (κ1) is 101. The van der Waals surface area contributed by atoms with E-state index in [0.29, 0.717) is 98.0 Å². The maximum atomic E-state index is 15.5. The molecule has 3 aromatic heterocycles. The van der Waals surface area contributed by atoms with Gasteiger partial charge in [-0.05, 0) is 112 Å². The van der Waals surface area contributed by atoms with Gasteiger partial charge in [-0.15, -0.1) is 0 Å². The second-order valence-electron chi connectivity index (χ2n) is 33.9. The molecular formula is C86H108N18O28S2. The number of nitrogens with one attached hydrogen (secondary N) is 11. The number of hydrazine groups is 1. The Hall–Kier alpha value is -13.3.